The molecule has 0 saturated carbocycles. The minimum Gasteiger partial charge on any atom is -0.465 e. The Morgan fingerprint density at radius 2 is 2.11 bits per heavy atom. The average molecular weight is 287 g/mol. The number of halogens is 1. The minimum absolute atomic E-state index is 0.498. The molecule has 0 saturated heterocycles. The van der Waals surface area contributed by atoms with E-state index in [2.05, 4.69) is 5.32 Å². The quantitative estimate of drug-likeness (QED) is 0.830. The first-order valence-corrected chi connectivity index (χ1v) is 5.81. The molecule has 0 fully saturated rings. The molecule has 0 bridgehead atoms. The second-order valence-corrected chi connectivity index (χ2v) is 4.32. The predicted octanol–water partition coefficient (Wildman–Crippen LogP) is 1.98. The van der Waals surface area contributed by atoms with Crippen molar-refractivity contribution in [1.29, 1.82) is 0 Å². The summed E-state index contributed by atoms with van der Waals surface area (Å²) >= 11 is 5.90. The zero-order chi connectivity index (χ0) is 14.6. The zero-order valence-corrected chi connectivity index (χ0v) is 11.6. The van der Waals surface area contributed by atoms with Crippen LogP contribution in [0.5, 0.6) is 0 Å². The molecule has 1 aromatic rings. The van der Waals surface area contributed by atoms with Crippen molar-refractivity contribution in [3.05, 3.63) is 34.3 Å². The molecule has 1 aromatic carbocycles. The zero-order valence-electron chi connectivity index (χ0n) is 10.8. The van der Waals surface area contributed by atoms with Crippen LogP contribution >= 0.6 is 11.6 Å². The van der Waals surface area contributed by atoms with Gasteiger partial charge in [-0.2, -0.15) is 0 Å². The highest BCUT2D eigenvalue weighted by atomic mass is 35.5. The van der Waals surface area contributed by atoms with Gasteiger partial charge in [0.15, 0.2) is 0 Å². The van der Waals surface area contributed by atoms with E-state index in [9.17, 15) is 9.59 Å². The highest BCUT2D eigenvalue weighted by Crippen LogP contribution is 2.22. The van der Waals surface area contributed by atoms with Gasteiger partial charge in [0, 0.05) is 12.1 Å². The molecule has 6 nitrogen and oxygen atoms in total. The topological polar surface area (TPSA) is 78.9 Å². The number of nitrogens with zero attached hydrogens (tertiary/aromatic N) is 1. The van der Waals surface area contributed by atoms with Crippen LogP contribution in [0, 0.1) is 6.92 Å². The summed E-state index contributed by atoms with van der Waals surface area (Å²) in [6, 6.07) is 3.82. The third-order valence-corrected chi connectivity index (χ3v) is 3.04. The number of hydrogen-bond acceptors (Lipinski definition) is 3. The fraction of sp³-hybridized carbons (Fsp3) is 0.333. The van der Waals surface area contributed by atoms with E-state index in [0.717, 1.165) is 10.6 Å². The molecular formula is C12H15ClN2O4. The summed E-state index contributed by atoms with van der Waals surface area (Å²) in [6.07, 6.45) is -1.30. The minimum atomic E-state index is -1.30. The van der Waals surface area contributed by atoms with Crippen molar-refractivity contribution in [2.24, 2.45) is 0 Å². The molecule has 0 aliphatic carbocycles. The van der Waals surface area contributed by atoms with Crippen molar-refractivity contribution in [3.8, 4) is 0 Å². The van der Waals surface area contributed by atoms with Crippen LogP contribution in [0.4, 0.5) is 4.79 Å². The Hall–Kier alpha value is -1.79. The maximum Gasteiger partial charge on any atom is 0.405 e. The van der Waals surface area contributed by atoms with E-state index in [4.69, 9.17) is 21.5 Å². The monoisotopic (exact) mass is 286 g/mol. The average Bonchev–Trinajstić information content (AvgIpc) is 2.37. The summed E-state index contributed by atoms with van der Waals surface area (Å²) in [5.41, 5.74) is 1.25. The fourth-order valence-electron chi connectivity index (χ4n) is 1.53. The molecular weight excluding hydrogens is 272 g/mol. The molecule has 0 spiro atoms. The van der Waals surface area contributed by atoms with E-state index in [1.807, 2.05) is 0 Å². The predicted molar refractivity (Wildman–Crippen MR) is 69.9 cm³/mol. The van der Waals surface area contributed by atoms with Crippen LogP contribution in [0.2, 0.25) is 5.02 Å². The van der Waals surface area contributed by atoms with E-state index >= 15 is 0 Å². The van der Waals surface area contributed by atoms with Crippen molar-refractivity contribution in [2.45, 2.75) is 13.0 Å². The summed E-state index contributed by atoms with van der Waals surface area (Å²) in [5, 5.41) is 12.5. The van der Waals surface area contributed by atoms with E-state index < -0.39 is 18.0 Å². The second kappa shape index (κ2) is 6.40. The highest BCUT2D eigenvalue weighted by molar-refractivity contribution is 6.31. The van der Waals surface area contributed by atoms with Crippen LogP contribution in [-0.4, -0.2) is 36.3 Å². The number of carbonyl (C=O) groups excluding carboxylic acids is 1. The molecule has 104 valence electrons. The molecule has 0 radical (unpaired) electrons. The van der Waals surface area contributed by atoms with Gasteiger partial charge in [-0.15, -0.1) is 0 Å². The summed E-state index contributed by atoms with van der Waals surface area (Å²) in [5.74, 6) is -0.522. The number of aryl methyl sites for hydroxylation is 1. The van der Waals surface area contributed by atoms with Crippen LogP contribution in [-0.2, 0) is 9.63 Å². The molecule has 0 aliphatic rings. The SMILES string of the molecule is CON(C)C(=O)C(NC(=O)O)c1ccc(Cl)c(C)c1. The van der Waals surface area contributed by atoms with Gasteiger partial charge in [-0.3, -0.25) is 9.63 Å². The summed E-state index contributed by atoms with van der Waals surface area (Å²) in [4.78, 5) is 27.6. The Labute approximate surface area is 115 Å². The summed E-state index contributed by atoms with van der Waals surface area (Å²) < 4.78 is 0. The van der Waals surface area contributed by atoms with E-state index in [1.165, 1.54) is 14.2 Å². The van der Waals surface area contributed by atoms with E-state index in [-0.39, 0.29) is 0 Å². The molecule has 19 heavy (non-hydrogen) atoms. The van der Waals surface area contributed by atoms with Gasteiger partial charge in [0.1, 0.15) is 6.04 Å². The maximum atomic E-state index is 12.0. The lowest BCUT2D eigenvalue weighted by Gasteiger charge is -2.22. The normalized spacial score (nSPS) is 11.8. The molecule has 0 aliphatic heterocycles. The van der Waals surface area contributed by atoms with Crippen LogP contribution in [0.1, 0.15) is 17.2 Å². The first-order valence-electron chi connectivity index (χ1n) is 5.44. The molecule has 1 atom stereocenters. The molecule has 1 rings (SSSR count). The van der Waals surface area contributed by atoms with Crippen molar-refractivity contribution < 1.29 is 19.5 Å². The lowest BCUT2D eigenvalue weighted by atomic mass is 10.0. The Bertz CT molecular complexity index is 493. The van der Waals surface area contributed by atoms with Gasteiger partial charge in [-0.1, -0.05) is 23.7 Å². The molecule has 2 N–H and O–H groups in total. The molecule has 7 heteroatoms. The van der Waals surface area contributed by atoms with Crippen molar-refractivity contribution in [1.82, 2.24) is 10.4 Å². The molecule has 0 aromatic heterocycles. The van der Waals surface area contributed by atoms with Gasteiger partial charge >= 0.3 is 6.09 Å². The van der Waals surface area contributed by atoms with Crippen molar-refractivity contribution in [3.63, 3.8) is 0 Å². The van der Waals surface area contributed by atoms with Gasteiger partial charge in [-0.25, -0.2) is 9.86 Å². The smallest absolute Gasteiger partial charge is 0.405 e. The van der Waals surface area contributed by atoms with Crippen LogP contribution in [0.25, 0.3) is 0 Å². The molecule has 0 heterocycles. The Morgan fingerprint density at radius 3 is 2.58 bits per heavy atom. The highest BCUT2D eigenvalue weighted by Gasteiger charge is 2.26. The van der Waals surface area contributed by atoms with Crippen LogP contribution in [0.3, 0.4) is 0 Å². The van der Waals surface area contributed by atoms with Gasteiger partial charge in [0.2, 0.25) is 0 Å². The van der Waals surface area contributed by atoms with Gasteiger partial charge in [0.25, 0.3) is 5.91 Å². The number of carboxylic acid groups (broad SMARTS) is 1. The summed E-state index contributed by atoms with van der Waals surface area (Å²) in [7, 11) is 2.73. The van der Waals surface area contributed by atoms with Gasteiger partial charge in [-0.05, 0) is 24.1 Å². The van der Waals surface area contributed by atoms with E-state index in [0.29, 0.717) is 10.6 Å². The Morgan fingerprint density at radius 1 is 1.47 bits per heavy atom. The third kappa shape index (κ3) is 3.84. The molecule has 2 amide bonds. The first kappa shape index (κ1) is 15.3. The molecule has 1 unspecified atom stereocenters. The summed E-state index contributed by atoms with van der Waals surface area (Å²) in [6.45, 7) is 1.77. The largest absolute Gasteiger partial charge is 0.465 e. The number of hydrogen-bond donors (Lipinski definition) is 2. The lowest BCUT2D eigenvalue weighted by molar-refractivity contribution is -0.171. The Kier molecular flexibility index (Phi) is 5.14. The van der Waals surface area contributed by atoms with Gasteiger partial charge < -0.3 is 10.4 Å². The van der Waals surface area contributed by atoms with Crippen LogP contribution < -0.4 is 5.32 Å². The maximum absolute atomic E-state index is 12.0. The number of nitrogens with one attached hydrogen (secondary N) is 1. The number of amides is 2. The van der Waals surface area contributed by atoms with Crippen molar-refractivity contribution in [2.75, 3.05) is 14.2 Å². The number of hydroxylamine groups is 2. The lowest BCUT2D eigenvalue weighted by Crippen LogP contribution is -2.40. The van der Waals surface area contributed by atoms with Crippen molar-refractivity contribution >= 4 is 23.6 Å². The first-order chi connectivity index (χ1) is 8.86. The van der Waals surface area contributed by atoms with E-state index in [1.54, 1.807) is 25.1 Å². The second-order valence-electron chi connectivity index (χ2n) is 3.91. The number of likely N-dealkylation sites (N-methyl/N-ethyl adjacent to an activating group) is 1. The fourth-order valence-corrected chi connectivity index (χ4v) is 1.65. The third-order valence-electron chi connectivity index (χ3n) is 2.61. The number of carbonyl (C=O) groups is 2. The number of rotatable bonds is 4. The standard InChI is InChI=1S/C12H15ClN2O4/c1-7-6-8(4-5-9(7)13)10(14-12(17)18)11(16)15(2)19-3/h4-6,10,14H,1-3H3,(H,17,18). The van der Waals surface area contributed by atoms with Crippen LogP contribution in [0.15, 0.2) is 18.2 Å². The Balaban J connectivity index is 3.12. The number of benzene rings is 1. The van der Waals surface area contributed by atoms with Gasteiger partial charge in [0.05, 0.1) is 7.11 Å².